The molecule has 12 unspecified atom stereocenters. The van der Waals surface area contributed by atoms with Gasteiger partial charge in [0.15, 0.2) is 24.4 Å². The van der Waals surface area contributed by atoms with Crippen LogP contribution >= 0.6 is 11.8 Å². The molecule has 5 heterocycles. The van der Waals surface area contributed by atoms with Crippen molar-refractivity contribution in [1.82, 2.24) is 41.1 Å². The van der Waals surface area contributed by atoms with E-state index in [1.165, 1.54) is 0 Å². The first kappa shape index (κ1) is 103. The zero-order chi connectivity index (χ0) is 90.0. The number of fused-ring (bicyclic) bond motifs is 7. The first-order chi connectivity index (χ1) is 57.3. The van der Waals surface area contributed by atoms with E-state index in [0.29, 0.717) is 82.0 Å². The number of nitrogens with zero attached hydrogens (tertiary/aromatic N) is 4. The molecule has 0 aromatic heterocycles. The van der Waals surface area contributed by atoms with Crippen LogP contribution in [0.2, 0.25) is 13.6 Å². The summed E-state index contributed by atoms with van der Waals surface area (Å²) in [7, 11) is -1.40. The molecule has 16 N–H and O–H groups in total. The SMILES string of the molecule is CCCC(C(O)C(=O)NC1CC1)[N+](=O)[O-].CCCC(N)C(O)C(=O)NC1CC1.CCOC(=O)C(O)C(O)C(=O)OCC.CCOC(=O)[C@@H]1[C@H]2CCC(=O)[C@H]2C2SC3CCOC3(C)N21.CCOC(=O)[C@@H]1[C@H]2CCC(=O)[C@H]2CN1B(C)O.CCOC(=O)[C@@H]1[C@H]2CCC(O)[C@H]2CN1B(C)O.O=C(NC1CC1)C(O)C(O)C(=O)NC1CC1.O=CC(=O)NC1CC1. The van der Waals surface area contributed by atoms with Gasteiger partial charge in [0.2, 0.25) is 18.4 Å². The second-order valence-corrected chi connectivity index (χ2v) is 33.9. The second kappa shape index (κ2) is 49.1. The highest BCUT2D eigenvalue weighted by Crippen LogP contribution is 2.61. The fourth-order valence-corrected chi connectivity index (χ4v) is 18.1. The lowest BCUT2D eigenvalue weighted by Crippen LogP contribution is -2.54. The van der Waals surface area contributed by atoms with E-state index in [1.807, 2.05) is 25.6 Å². The van der Waals surface area contributed by atoms with Crippen LogP contribution in [0.3, 0.4) is 0 Å². The Bertz CT molecular complexity index is 3420. The van der Waals surface area contributed by atoms with Gasteiger partial charge in [0.25, 0.3) is 29.5 Å². The zero-order valence-electron chi connectivity index (χ0n) is 71.0. The van der Waals surface area contributed by atoms with Crippen LogP contribution in [0.5, 0.6) is 0 Å². The molecule has 5 amide bonds. The number of carbonyl (C=O) groups is 13. The number of nitro groups is 1. The molecule has 21 atom stereocenters. The smallest absolute Gasteiger partial charge is 0.377 e. The van der Waals surface area contributed by atoms with E-state index in [-0.39, 0.29) is 126 Å². The molecule has 8 saturated carbocycles. The molecule has 684 valence electrons. The van der Waals surface area contributed by atoms with Crippen molar-refractivity contribution in [3.8, 4) is 0 Å². The lowest BCUT2D eigenvalue weighted by Gasteiger charge is -2.37. The summed E-state index contributed by atoms with van der Waals surface area (Å²) in [5.41, 5.74) is 5.19. The summed E-state index contributed by atoms with van der Waals surface area (Å²) in [6, 6.07) is -1.88. The minimum atomic E-state index is -1.89. The van der Waals surface area contributed by atoms with Gasteiger partial charge in [0.05, 0.1) is 56.4 Å². The van der Waals surface area contributed by atoms with Gasteiger partial charge in [0.1, 0.15) is 41.5 Å². The Morgan fingerprint density at radius 2 is 0.942 bits per heavy atom. The van der Waals surface area contributed by atoms with Crippen LogP contribution in [0, 0.1) is 45.6 Å². The van der Waals surface area contributed by atoms with Gasteiger partial charge >= 0.3 is 43.9 Å². The molecule has 0 aromatic rings. The molecule has 0 spiro atoms. The summed E-state index contributed by atoms with van der Waals surface area (Å²) in [4.78, 5) is 163. The number of thioether (sulfide) groups is 1. The maximum Gasteiger partial charge on any atom is 0.377 e. The molecule has 40 nitrogen and oxygen atoms in total. The van der Waals surface area contributed by atoms with Crippen LogP contribution in [0.15, 0.2) is 0 Å². The Kier molecular flexibility index (Phi) is 41.7. The molecular weight excluding hydrogens is 1610 g/mol. The van der Waals surface area contributed by atoms with Crippen molar-refractivity contribution in [3.63, 3.8) is 0 Å². The standard InChI is InChI=1S/C15H21NO4S.C11H20BNO4.C11H18BNO4.C10H16N2O4.C9H16N2O4.C9H18N2O2.C8H14O6.C5H7NO2/c1-3-19-14(18)12-8-4-5-9(17)11(8)13-16(12)15(2)10(21-13)6-7-20-15;2*1-3-17-11(15)10-7-4-5-9(14)8(7)6-13(10)12(2)16;13-7(9(15)11-5-1-2-5)8(14)10(16)12-6-3-4-6;1-2-3-7(11(14)15)8(12)9(13)10-6-4-5-6;1-2-3-7(10)8(12)9(13)11-6-4-5-6;1-3-13-7(11)5(9)6(10)8(12)14-4-2;7-3-5(8)6-4-1-2-4/h8,10-13H,3-7H2,1-2H3;7-10,14,16H,3-6H2,1-2H3;7-8,10,16H,3-6H2,1-2H3;5-8,13-14H,1-4H2,(H,11,15)(H,12,16);6-8,12H,2-5H2,1H3,(H,10,13);6-8,12H,2-5,10H2,1H3,(H,11,13);5-6,9-10H,3-4H2,1-2H3;3-4H,1-2H2,(H,6,8)/t8-,10?,11-,12-,13?,15?;7-,8-,9?,10-;7-,8-,10-;;;;;/m000...../s1. The molecule has 13 rings (SSSR count). The lowest BCUT2D eigenvalue weighted by molar-refractivity contribution is -0.532. The Morgan fingerprint density at radius 3 is 1.36 bits per heavy atom. The quantitative estimate of drug-likeness (QED) is 0.00647. The zero-order valence-corrected chi connectivity index (χ0v) is 71.9. The highest BCUT2D eigenvalue weighted by Gasteiger charge is 2.69. The van der Waals surface area contributed by atoms with E-state index in [0.717, 1.165) is 109 Å². The number of esters is 5. The third kappa shape index (κ3) is 29.6. The van der Waals surface area contributed by atoms with Gasteiger partial charge in [0, 0.05) is 84.7 Å². The predicted octanol–water partition coefficient (Wildman–Crippen LogP) is -2.53. The molecule has 5 saturated heterocycles. The van der Waals surface area contributed by atoms with Crippen molar-refractivity contribution in [2.24, 2.45) is 41.2 Å². The predicted molar refractivity (Wildman–Crippen MR) is 433 cm³/mol. The van der Waals surface area contributed by atoms with Crippen LogP contribution in [0.1, 0.15) is 190 Å². The number of hydrogen-bond donors (Lipinski definition) is 15. The highest BCUT2D eigenvalue weighted by molar-refractivity contribution is 8.00. The van der Waals surface area contributed by atoms with Crippen molar-refractivity contribution in [1.29, 1.82) is 0 Å². The average molecular weight is 1740 g/mol. The number of aliphatic hydroxyl groups excluding tert-OH is 7. The molecule has 13 fully saturated rings. The van der Waals surface area contributed by atoms with Gasteiger partial charge in [-0.15, -0.1) is 11.8 Å². The summed E-state index contributed by atoms with van der Waals surface area (Å²) in [6.45, 7) is 20.5. The molecule has 5 aliphatic heterocycles. The number of ketones is 2. The number of nitrogens with one attached hydrogen (secondary N) is 5. The maximum atomic E-state index is 12.5. The molecule has 0 aromatic carbocycles. The van der Waals surface area contributed by atoms with Crippen LogP contribution in [-0.4, -0.2) is 329 Å². The summed E-state index contributed by atoms with van der Waals surface area (Å²) < 4.78 is 30.3. The topological polar surface area (TPSA) is 598 Å². The third-order valence-corrected chi connectivity index (χ3v) is 24.9. The fourth-order valence-electron chi connectivity index (χ4n) is 16.1. The maximum absolute atomic E-state index is 12.5. The number of ether oxygens (including phenoxy) is 6. The Morgan fingerprint density at radius 1 is 0.537 bits per heavy atom. The van der Waals surface area contributed by atoms with Gasteiger partial charge in [-0.25, -0.2) is 14.5 Å². The molecule has 121 heavy (non-hydrogen) atoms. The van der Waals surface area contributed by atoms with Crippen LogP contribution in [0.25, 0.3) is 0 Å². The van der Waals surface area contributed by atoms with Crippen molar-refractivity contribution < 1.29 is 141 Å². The van der Waals surface area contributed by atoms with Gasteiger partial charge in [-0.3, -0.25) is 62.9 Å². The number of hydrogen-bond acceptors (Lipinski definition) is 35. The van der Waals surface area contributed by atoms with Gasteiger partial charge in [-0.1, -0.05) is 20.3 Å². The Balaban J connectivity index is 0.000000216. The van der Waals surface area contributed by atoms with E-state index in [2.05, 4.69) is 47.9 Å². The van der Waals surface area contributed by atoms with Crippen molar-refractivity contribution in [2.75, 3.05) is 52.7 Å². The number of amides is 5. The molecule has 0 bridgehead atoms. The Labute approximate surface area is 710 Å². The van der Waals surface area contributed by atoms with E-state index < -0.39 is 121 Å². The number of carbonyl (C=O) groups excluding carboxylic acids is 13. The fraction of sp³-hybridized carbons (Fsp3) is 0.833. The number of Topliss-reactive ketones (excluding diaryl/α,β-unsaturated/α-hetero) is 2. The normalized spacial score (nSPS) is 28.7. The largest absolute Gasteiger partial charge is 0.465 e. The van der Waals surface area contributed by atoms with E-state index in [4.69, 9.17) is 34.9 Å². The summed E-state index contributed by atoms with van der Waals surface area (Å²) >= 11 is 1.84. The monoisotopic (exact) mass is 1740 g/mol. The second-order valence-electron chi connectivity index (χ2n) is 32.6. The molecule has 8 aliphatic carbocycles. The molecular formula is C78H130B2N10O30S. The first-order valence-corrected chi connectivity index (χ1v) is 43.8. The first-order valence-electron chi connectivity index (χ1n) is 42.8. The van der Waals surface area contributed by atoms with Crippen LogP contribution in [0.4, 0.5) is 0 Å². The summed E-state index contributed by atoms with van der Waals surface area (Å²) in [5, 5.41) is 109. The average Bonchev–Trinajstić information content (AvgIpc) is 1.53. The van der Waals surface area contributed by atoms with E-state index in [9.17, 15) is 108 Å². The lowest BCUT2D eigenvalue weighted by atomic mass is 9.83. The summed E-state index contributed by atoms with van der Waals surface area (Å²) in [6.07, 6.45) is 7.34. The minimum absolute atomic E-state index is 0.0181. The van der Waals surface area contributed by atoms with Gasteiger partial charge < -0.3 is 116 Å². The van der Waals surface area contributed by atoms with Crippen molar-refractivity contribution in [2.45, 2.75) is 323 Å². The van der Waals surface area contributed by atoms with Crippen molar-refractivity contribution in [3.05, 3.63) is 10.1 Å². The molecule has 0 radical (unpaired) electrons. The molecule has 43 heteroatoms. The Hall–Kier alpha value is -6.97. The van der Waals surface area contributed by atoms with Crippen molar-refractivity contribution >= 4 is 103 Å². The van der Waals surface area contributed by atoms with E-state index in [1.54, 1.807) is 57.9 Å². The number of rotatable bonds is 31. The van der Waals surface area contributed by atoms with Crippen LogP contribution in [-0.2, 0) is 90.8 Å². The number of aldehydes is 1. The van der Waals surface area contributed by atoms with Crippen LogP contribution < -0.4 is 32.3 Å². The number of aliphatic hydroxyl groups is 7. The van der Waals surface area contributed by atoms with E-state index >= 15 is 0 Å². The molecule has 13 aliphatic rings. The van der Waals surface area contributed by atoms with Gasteiger partial charge in [-0.2, -0.15) is 0 Å². The minimum Gasteiger partial charge on any atom is -0.465 e. The number of nitrogens with two attached hydrogens (primary N) is 1. The summed E-state index contributed by atoms with van der Waals surface area (Å²) in [5.74, 6) is -4.87. The van der Waals surface area contributed by atoms with Gasteiger partial charge in [-0.05, 0) is 189 Å². The third-order valence-electron chi connectivity index (χ3n) is 23.1. The highest BCUT2D eigenvalue weighted by atomic mass is 32.2.